The molecule has 1 fully saturated rings. The Labute approximate surface area is 149 Å². The number of hydrogen-bond acceptors (Lipinski definition) is 5. The molecular formula is C18H18FN5O2. The van der Waals surface area contributed by atoms with E-state index in [1.165, 1.54) is 4.90 Å². The average molecular weight is 355 g/mol. The highest BCUT2D eigenvalue weighted by molar-refractivity contribution is 5.92. The minimum absolute atomic E-state index is 0.0242. The van der Waals surface area contributed by atoms with Crippen molar-refractivity contribution >= 4 is 5.91 Å². The second-order valence-electron chi connectivity index (χ2n) is 6.53. The highest BCUT2D eigenvalue weighted by Gasteiger charge is 2.46. The lowest BCUT2D eigenvalue weighted by molar-refractivity contribution is 0.0736. The van der Waals surface area contributed by atoms with E-state index in [1.54, 1.807) is 17.8 Å². The number of amides is 1. The summed E-state index contributed by atoms with van der Waals surface area (Å²) in [6.07, 6.45) is 0.123. The van der Waals surface area contributed by atoms with Gasteiger partial charge in [0.05, 0.1) is 6.54 Å². The van der Waals surface area contributed by atoms with Crippen LogP contribution in [-0.4, -0.2) is 43.8 Å². The molecule has 134 valence electrons. The zero-order valence-electron chi connectivity index (χ0n) is 14.5. The quantitative estimate of drug-likeness (QED) is 0.721. The molecule has 7 nitrogen and oxygen atoms in total. The van der Waals surface area contributed by atoms with Crippen LogP contribution in [0.5, 0.6) is 0 Å². The molecule has 26 heavy (non-hydrogen) atoms. The number of aryl methyl sites for hydroxylation is 2. The number of alkyl halides is 1. The van der Waals surface area contributed by atoms with E-state index in [1.807, 2.05) is 37.3 Å². The van der Waals surface area contributed by atoms with Crippen molar-refractivity contribution in [3.8, 4) is 11.5 Å². The number of halogens is 1. The summed E-state index contributed by atoms with van der Waals surface area (Å²) in [5.74, 6) is -0.0494. The lowest BCUT2D eigenvalue weighted by atomic mass is 10.1. The van der Waals surface area contributed by atoms with Gasteiger partial charge < -0.3 is 9.42 Å². The molecule has 1 amide bonds. The maximum atomic E-state index is 15.4. The number of rotatable bonds is 3. The fraction of sp³-hybridized carbons (Fsp3) is 0.333. The first-order chi connectivity index (χ1) is 12.5. The number of benzene rings is 1. The van der Waals surface area contributed by atoms with E-state index in [0.29, 0.717) is 5.69 Å². The van der Waals surface area contributed by atoms with Gasteiger partial charge in [0.25, 0.3) is 11.8 Å². The minimum atomic E-state index is -1.82. The van der Waals surface area contributed by atoms with Crippen molar-refractivity contribution in [3.63, 3.8) is 0 Å². The van der Waals surface area contributed by atoms with Gasteiger partial charge in [-0.15, -0.1) is 0 Å². The molecule has 0 aliphatic carbocycles. The Bertz CT molecular complexity index is 932. The Balaban J connectivity index is 1.53. The highest BCUT2D eigenvalue weighted by Crippen LogP contribution is 2.35. The number of hydrogen-bond donors (Lipinski definition) is 0. The van der Waals surface area contributed by atoms with Gasteiger partial charge >= 0.3 is 0 Å². The van der Waals surface area contributed by atoms with Gasteiger partial charge in [-0.1, -0.05) is 23.4 Å². The smallest absolute Gasteiger partial charge is 0.274 e. The summed E-state index contributed by atoms with van der Waals surface area (Å²) in [6.45, 7) is 2.02. The van der Waals surface area contributed by atoms with Crippen LogP contribution < -0.4 is 0 Å². The largest absolute Gasteiger partial charge is 0.334 e. The molecule has 0 saturated carbocycles. The normalized spacial score (nSPS) is 19.9. The van der Waals surface area contributed by atoms with Crippen LogP contribution >= 0.6 is 0 Å². The Morgan fingerprint density at radius 3 is 2.77 bits per heavy atom. The van der Waals surface area contributed by atoms with Gasteiger partial charge in [-0.25, -0.2) is 4.39 Å². The zero-order chi connectivity index (χ0) is 18.3. The molecule has 8 heteroatoms. The van der Waals surface area contributed by atoms with Crippen LogP contribution in [0.3, 0.4) is 0 Å². The van der Waals surface area contributed by atoms with Crippen LogP contribution in [-0.2, 0) is 12.7 Å². The van der Waals surface area contributed by atoms with Crippen LogP contribution in [0.2, 0.25) is 0 Å². The van der Waals surface area contributed by atoms with Crippen molar-refractivity contribution < 1.29 is 13.7 Å². The number of carbonyl (C=O) groups excluding carboxylic acids is 1. The van der Waals surface area contributed by atoms with Gasteiger partial charge in [0.1, 0.15) is 0 Å². The number of nitrogens with zero attached hydrogens (tertiary/aromatic N) is 5. The van der Waals surface area contributed by atoms with Gasteiger partial charge in [-0.05, 0) is 25.1 Å². The van der Waals surface area contributed by atoms with E-state index >= 15 is 4.39 Å². The van der Waals surface area contributed by atoms with Crippen LogP contribution in [0.4, 0.5) is 4.39 Å². The molecule has 2 aromatic heterocycles. The topological polar surface area (TPSA) is 77.1 Å². The van der Waals surface area contributed by atoms with Gasteiger partial charge in [-0.3, -0.25) is 9.48 Å². The van der Waals surface area contributed by atoms with Crippen molar-refractivity contribution in [2.45, 2.75) is 19.0 Å². The van der Waals surface area contributed by atoms with Crippen molar-refractivity contribution in [3.05, 3.63) is 53.6 Å². The number of likely N-dealkylation sites (tertiary alicyclic amines) is 1. The van der Waals surface area contributed by atoms with Gasteiger partial charge in [0, 0.05) is 31.3 Å². The third kappa shape index (κ3) is 2.77. The van der Waals surface area contributed by atoms with Crippen LogP contribution in [0, 0.1) is 6.92 Å². The molecule has 0 spiro atoms. The van der Waals surface area contributed by atoms with Crippen molar-refractivity contribution in [1.29, 1.82) is 0 Å². The van der Waals surface area contributed by atoms with E-state index in [0.717, 1.165) is 11.3 Å². The molecule has 1 atom stereocenters. The van der Waals surface area contributed by atoms with Gasteiger partial charge in [0.2, 0.25) is 5.82 Å². The first kappa shape index (κ1) is 16.4. The Kier molecular flexibility index (Phi) is 3.82. The van der Waals surface area contributed by atoms with Crippen LogP contribution in [0.15, 0.2) is 40.9 Å². The zero-order valence-corrected chi connectivity index (χ0v) is 14.5. The molecule has 1 aliphatic heterocycles. The van der Waals surface area contributed by atoms with E-state index in [4.69, 9.17) is 4.52 Å². The fourth-order valence-electron chi connectivity index (χ4n) is 3.06. The third-order valence-corrected chi connectivity index (χ3v) is 4.69. The molecular weight excluding hydrogens is 337 g/mol. The lowest BCUT2D eigenvalue weighted by Gasteiger charge is -2.17. The molecule has 1 saturated heterocycles. The molecule has 3 aromatic rings. The number of aromatic nitrogens is 4. The first-order valence-corrected chi connectivity index (χ1v) is 8.35. The van der Waals surface area contributed by atoms with Crippen molar-refractivity contribution in [1.82, 2.24) is 24.8 Å². The second-order valence-corrected chi connectivity index (χ2v) is 6.53. The molecule has 0 bridgehead atoms. The van der Waals surface area contributed by atoms with E-state index in [9.17, 15) is 4.79 Å². The summed E-state index contributed by atoms with van der Waals surface area (Å²) in [5.41, 5.74) is 0.0811. The van der Waals surface area contributed by atoms with Crippen molar-refractivity contribution in [2.24, 2.45) is 7.05 Å². The third-order valence-electron chi connectivity index (χ3n) is 4.69. The molecule has 1 aromatic carbocycles. The van der Waals surface area contributed by atoms with Crippen LogP contribution in [0.25, 0.3) is 11.5 Å². The lowest BCUT2D eigenvalue weighted by Crippen LogP contribution is -2.33. The monoisotopic (exact) mass is 355 g/mol. The molecule has 1 aliphatic rings. The predicted octanol–water partition coefficient (Wildman–Crippen LogP) is 2.49. The minimum Gasteiger partial charge on any atom is -0.334 e. The maximum Gasteiger partial charge on any atom is 0.274 e. The molecule has 0 radical (unpaired) electrons. The van der Waals surface area contributed by atoms with E-state index < -0.39 is 5.67 Å². The molecule has 4 rings (SSSR count). The summed E-state index contributed by atoms with van der Waals surface area (Å²) in [5, 5.41) is 7.98. The molecule has 3 heterocycles. The second kappa shape index (κ2) is 6.05. The van der Waals surface area contributed by atoms with Gasteiger partial charge in [0.15, 0.2) is 11.4 Å². The SMILES string of the molecule is Cc1cc(C(=O)N2CCC(F)(c3noc(-c4ccccc4)n3)C2)nn1C. The molecule has 0 N–H and O–H groups in total. The predicted molar refractivity (Wildman–Crippen MR) is 91.0 cm³/mol. The first-order valence-electron chi connectivity index (χ1n) is 8.35. The summed E-state index contributed by atoms with van der Waals surface area (Å²) < 4.78 is 22.2. The average Bonchev–Trinajstić information content (AvgIpc) is 3.36. The Hall–Kier alpha value is -3.03. The number of carbonyl (C=O) groups is 1. The Morgan fingerprint density at radius 1 is 1.31 bits per heavy atom. The maximum absolute atomic E-state index is 15.4. The highest BCUT2D eigenvalue weighted by atomic mass is 19.1. The summed E-state index contributed by atoms with van der Waals surface area (Å²) in [6, 6.07) is 10.9. The fourth-order valence-corrected chi connectivity index (χ4v) is 3.06. The summed E-state index contributed by atoms with van der Waals surface area (Å²) in [4.78, 5) is 18.2. The van der Waals surface area contributed by atoms with E-state index in [2.05, 4.69) is 15.2 Å². The van der Waals surface area contributed by atoms with Crippen LogP contribution in [0.1, 0.15) is 28.4 Å². The van der Waals surface area contributed by atoms with Crippen molar-refractivity contribution in [2.75, 3.05) is 13.1 Å². The molecule has 1 unspecified atom stereocenters. The standard InChI is InChI=1S/C18H18FN5O2/c1-12-10-14(21-23(12)2)16(25)24-9-8-18(19,11-24)17-20-15(26-22-17)13-6-4-3-5-7-13/h3-7,10H,8-9,11H2,1-2H3. The Morgan fingerprint density at radius 2 is 2.08 bits per heavy atom. The summed E-state index contributed by atoms with van der Waals surface area (Å²) >= 11 is 0. The van der Waals surface area contributed by atoms with E-state index in [-0.39, 0.29) is 37.1 Å². The summed E-state index contributed by atoms with van der Waals surface area (Å²) in [7, 11) is 1.76. The van der Waals surface area contributed by atoms with Gasteiger partial charge in [-0.2, -0.15) is 10.1 Å².